The summed E-state index contributed by atoms with van der Waals surface area (Å²) in [7, 11) is 0. The van der Waals surface area contributed by atoms with Gasteiger partial charge in [-0.25, -0.2) is 0 Å². The van der Waals surface area contributed by atoms with E-state index >= 15 is 0 Å². The van der Waals surface area contributed by atoms with Gasteiger partial charge in [-0.3, -0.25) is 11.3 Å². The highest BCUT2D eigenvalue weighted by molar-refractivity contribution is 5.32. The smallest absolute Gasteiger partial charge is 0.271 e. The summed E-state index contributed by atoms with van der Waals surface area (Å²) in [4.78, 5) is 0. The number of nitrogens with two attached hydrogens (primary N) is 1. The lowest BCUT2D eigenvalue weighted by Gasteiger charge is -2.20. The van der Waals surface area contributed by atoms with E-state index in [0.29, 0.717) is 19.3 Å². The summed E-state index contributed by atoms with van der Waals surface area (Å²) in [6.07, 6.45) is 2.34. The second kappa shape index (κ2) is 6.43. The minimum absolute atomic E-state index is 0.157. The van der Waals surface area contributed by atoms with E-state index in [1.54, 1.807) is 6.07 Å². The molecule has 0 heterocycles. The Bertz CT molecular complexity index is 421. The van der Waals surface area contributed by atoms with Crippen molar-refractivity contribution in [2.75, 3.05) is 0 Å². The summed E-state index contributed by atoms with van der Waals surface area (Å²) in [5, 5.41) is 0. The summed E-state index contributed by atoms with van der Waals surface area (Å²) in [6, 6.07) is 4.87. The number of hydrazine groups is 1. The van der Waals surface area contributed by atoms with Crippen LogP contribution in [0, 0.1) is 12.3 Å². The maximum Gasteiger partial charge on any atom is 0.416 e. The van der Waals surface area contributed by atoms with Gasteiger partial charge < -0.3 is 0 Å². The maximum atomic E-state index is 12.8. The Morgan fingerprint density at radius 3 is 2.56 bits per heavy atom. The van der Waals surface area contributed by atoms with Gasteiger partial charge in [0.2, 0.25) is 0 Å². The third-order valence-corrected chi connectivity index (χ3v) is 2.66. The largest absolute Gasteiger partial charge is 0.416 e. The van der Waals surface area contributed by atoms with E-state index in [0.717, 1.165) is 6.07 Å². The first kappa shape index (κ1) is 14.6. The van der Waals surface area contributed by atoms with Crippen molar-refractivity contribution in [3.8, 4) is 12.3 Å². The van der Waals surface area contributed by atoms with Crippen LogP contribution in [0.2, 0.25) is 0 Å². The third-order valence-electron chi connectivity index (χ3n) is 2.66. The molecule has 3 N–H and O–H groups in total. The molecule has 18 heavy (non-hydrogen) atoms. The quantitative estimate of drug-likeness (QED) is 0.368. The highest BCUT2D eigenvalue weighted by atomic mass is 19.4. The number of hydrogen-bond donors (Lipinski definition) is 2. The molecular weight excluding hydrogens is 241 g/mol. The summed E-state index contributed by atoms with van der Waals surface area (Å²) in [6.45, 7) is 0. The second-order valence-corrected chi connectivity index (χ2v) is 3.90. The number of rotatable bonds is 5. The van der Waals surface area contributed by atoms with Crippen molar-refractivity contribution < 1.29 is 13.2 Å². The van der Waals surface area contributed by atoms with Gasteiger partial charge in [0.25, 0.3) is 0 Å². The Kier molecular flexibility index (Phi) is 5.20. The molecule has 0 aliphatic heterocycles. The number of nitrogens with one attached hydrogen (secondary N) is 1. The van der Waals surface area contributed by atoms with Crippen LogP contribution in [0.3, 0.4) is 0 Å². The van der Waals surface area contributed by atoms with E-state index in [2.05, 4.69) is 11.3 Å². The van der Waals surface area contributed by atoms with Crippen LogP contribution in [0.4, 0.5) is 13.2 Å². The summed E-state index contributed by atoms with van der Waals surface area (Å²) in [5.41, 5.74) is 1.92. The van der Waals surface area contributed by atoms with Crippen LogP contribution in [0.5, 0.6) is 0 Å². The van der Waals surface area contributed by atoms with Gasteiger partial charge in [0.15, 0.2) is 0 Å². The predicted octanol–water partition coefficient (Wildman–Crippen LogP) is 3.01. The lowest BCUT2D eigenvalue weighted by Crippen LogP contribution is -2.29. The number of terminal acetylenes is 1. The van der Waals surface area contributed by atoms with E-state index in [-0.39, 0.29) is 5.56 Å². The van der Waals surface area contributed by atoms with Gasteiger partial charge >= 0.3 is 6.18 Å². The average Bonchev–Trinajstić information content (AvgIpc) is 2.34. The van der Waals surface area contributed by atoms with E-state index in [1.165, 1.54) is 12.1 Å². The highest BCUT2D eigenvalue weighted by Gasteiger charge is 2.34. The van der Waals surface area contributed by atoms with E-state index in [1.807, 2.05) is 0 Å². The Balaban J connectivity index is 2.95. The first-order valence-electron chi connectivity index (χ1n) is 5.56. The molecule has 98 valence electrons. The van der Waals surface area contributed by atoms with Crippen molar-refractivity contribution in [2.24, 2.45) is 5.84 Å². The molecule has 0 aromatic heterocycles. The molecule has 1 rings (SSSR count). The zero-order valence-electron chi connectivity index (χ0n) is 9.80. The van der Waals surface area contributed by atoms with Gasteiger partial charge in [0.05, 0.1) is 5.56 Å². The first-order valence-corrected chi connectivity index (χ1v) is 5.56. The first-order chi connectivity index (χ1) is 8.50. The molecule has 5 heteroatoms. The molecule has 0 radical (unpaired) electrons. The van der Waals surface area contributed by atoms with Crippen LogP contribution >= 0.6 is 0 Å². The highest BCUT2D eigenvalue weighted by Crippen LogP contribution is 2.35. The predicted molar refractivity (Wildman–Crippen MR) is 64.2 cm³/mol. The van der Waals surface area contributed by atoms with E-state index in [9.17, 15) is 13.2 Å². The van der Waals surface area contributed by atoms with Crippen LogP contribution in [0.1, 0.15) is 36.4 Å². The standard InChI is InChI=1S/C13H15F3N2/c1-2-3-4-9-12(18-17)10-7-5-6-8-11(10)13(14,15)16/h1,5-8,12,18H,3-4,9,17H2. The van der Waals surface area contributed by atoms with Gasteiger partial charge in [0.1, 0.15) is 0 Å². The van der Waals surface area contributed by atoms with Crippen molar-refractivity contribution in [3.63, 3.8) is 0 Å². The molecule has 1 unspecified atom stereocenters. The van der Waals surface area contributed by atoms with Crippen molar-refractivity contribution in [1.82, 2.24) is 5.43 Å². The van der Waals surface area contributed by atoms with Crippen LogP contribution in [-0.4, -0.2) is 0 Å². The molecule has 0 spiro atoms. The maximum absolute atomic E-state index is 12.8. The van der Waals surface area contributed by atoms with Crippen molar-refractivity contribution in [1.29, 1.82) is 0 Å². The number of halogens is 3. The molecule has 0 saturated heterocycles. The molecule has 0 aliphatic rings. The Morgan fingerprint density at radius 2 is 2.00 bits per heavy atom. The minimum Gasteiger partial charge on any atom is -0.271 e. The van der Waals surface area contributed by atoms with Gasteiger partial charge in [-0.2, -0.15) is 13.2 Å². The normalized spacial score (nSPS) is 13.1. The fourth-order valence-corrected chi connectivity index (χ4v) is 1.80. The molecule has 0 fully saturated rings. The van der Waals surface area contributed by atoms with Crippen LogP contribution in [-0.2, 0) is 6.18 Å². The number of alkyl halides is 3. The summed E-state index contributed by atoms with van der Waals surface area (Å²) in [5.74, 6) is 7.78. The van der Waals surface area contributed by atoms with E-state index < -0.39 is 17.8 Å². The fraction of sp³-hybridized carbons (Fsp3) is 0.385. The van der Waals surface area contributed by atoms with Crippen molar-refractivity contribution >= 4 is 0 Å². The topological polar surface area (TPSA) is 38.0 Å². The van der Waals surface area contributed by atoms with Crippen LogP contribution < -0.4 is 11.3 Å². The average molecular weight is 256 g/mol. The van der Waals surface area contributed by atoms with Crippen LogP contribution in [0.25, 0.3) is 0 Å². The van der Waals surface area contributed by atoms with Gasteiger partial charge in [-0.1, -0.05) is 18.2 Å². The van der Waals surface area contributed by atoms with Gasteiger partial charge in [-0.15, -0.1) is 12.3 Å². The van der Waals surface area contributed by atoms with Gasteiger partial charge in [0, 0.05) is 12.5 Å². The summed E-state index contributed by atoms with van der Waals surface area (Å²) < 4.78 is 38.5. The molecule has 1 aromatic carbocycles. The Labute approximate surface area is 104 Å². The van der Waals surface area contributed by atoms with Crippen LogP contribution in [0.15, 0.2) is 24.3 Å². The summed E-state index contributed by atoms with van der Waals surface area (Å²) >= 11 is 0. The third kappa shape index (κ3) is 3.76. The fourth-order valence-electron chi connectivity index (χ4n) is 1.80. The van der Waals surface area contributed by atoms with Crippen molar-refractivity contribution in [2.45, 2.75) is 31.5 Å². The zero-order valence-corrected chi connectivity index (χ0v) is 9.80. The second-order valence-electron chi connectivity index (χ2n) is 3.90. The molecular formula is C13H15F3N2. The van der Waals surface area contributed by atoms with E-state index in [4.69, 9.17) is 12.3 Å². The molecule has 1 aromatic rings. The molecule has 0 aliphatic carbocycles. The lowest BCUT2D eigenvalue weighted by molar-refractivity contribution is -0.138. The lowest BCUT2D eigenvalue weighted by atomic mass is 9.96. The number of benzene rings is 1. The van der Waals surface area contributed by atoms with Crippen molar-refractivity contribution in [3.05, 3.63) is 35.4 Å². The molecule has 0 amide bonds. The Hall–Kier alpha value is -1.51. The number of unbranched alkanes of at least 4 members (excludes halogenated alkanes) is 1. The molecule has 2 nitrogen and oxygen atoms in total. The molecule has 0 bridgehead atoms. The molecule has 0 saturated carbocycles. The number of hydrogen-bond acceptors (Lipinski definition) is 2. The SMILES string of the molecule is C#CCCCC(NN)c1ccccc1C(F)(F)F. The molecule has 1 atom stereocenters. The van der Waals surface area contributed by atoms with Gasteiger partial charge in [-0.05, 0) is 24.5 Å². The zero-order chi connectivity index (χ0) is 13.6. The Morgan fingerprint density at radius 1 is 1.33 bits per heavy atom. The monoisotopic (exact) mass is 256 g/mol. The minimum atomic E-state index is -4.38.